The van der Waals surface area contributed by atoms with Crippen LogP contribution in [0.2, 0.25) is 10.0 Å². The van der Waals surface area contributed by atoms with Crippen LogP contribution in [0.15, 0.2) is 48.4 Å². The van der Waals surface area contributed by atoms with Gasteiger partial charge in [-0.15, -0.1) is 0 Å². The molecule has 0 aliphatic carbocycles. The Labute approximate surface area is 169 Å². The van der Waals surface area contributed by atoms with Crippen molar-refractivity contribution in [1.82, 2.24) is 14.5 Å². The molecule has 0 saturated heterocycles. The first kappa shape index (κ1) is 19.5. The first-order valence-corrected chi connectivity index (χ1v) is 9.25. The zero-order chi connectivity index (χ0) is 19.7. The van der Waals surface area contributed by atoms with Crippen molar-refractivity contribution in [2.24, 2.45) is 0 Å². The molecule has 0 saturated carbocycles. The van der Waals surface area contributed by atoms with E-state index in [2.05, 4.69) is 27.2 Å². The second-order valence-corrected chi connectivity index (χ2v) is 7.29. The molecular weight excluding hydrogens is 381 g/mol. The fourth-order valence-corrected chi connectivity index (χ4v) is 3.45. The lowest BCUT2D eigenvalue weighted by atomic mass is 10.0. The van der Waals surface area contributed by atoms with Crippen LogP contribution >= 0.6 is 23.2 Å². The normalized spacial score (nSPS) is 12.2. The molecule has 6 heteroatoms. The Morgan fingerprint density at radius 3 is 2.56 bits per heavy atom. The molecule has 4 nitrogen and oxygen atoms in total. The van der Waals surface area contributed by atoms with Crippen molar-refractivity contribution in [3.05, 3.63) is 75.4 Å². The summed E-state index contributed by atoms with van der Waals surface area (Å²) in [5.41, 5.74) is 5.51. The van der Waals surface area contributed by atoms with E-state index in [-0.39, 0.29) is 0 Å². The molecule has 140 valence electrons. The third-order valence-electron chi connectivity index (χ3n) is 4.49. The third-order valence-corrected chi connectivity index (χ3v) is 5.23. The molecule has 27 heavy (non-hydrogen) atoms. The Kier molecular flexibility index (Phi) is 5.59. The lowest BCUT2D eigenvalue weighted by Crippen LogP contribution is -2.03. The minimum atomic E-state index is 0.540. The van der Waals surface area contributed by atoms with Gasteiger partial charge in [0.25, 0.3) is 0 Å². The van der Waals surface area contributed by atoms with E-state index in [1.165, 1.54) is 0 Å². The van der Waals surface area contributed by atoms with Crippen LogP contribution in [-0.2, 0) is 11.3 Å². The first-order chi connectivity index (χ1) is 12.8. The summed E-state index contributed by atoms with van der Waals surface area (Å²) in [4.78, 5) is 9.13. The van der Waals surface area contributed by atoms with Gasteiger partial charge in [-0.25, -0.2) is 9.97 Å². The molecule has 0 aliphatic rings. The van der Waals surface area contributed by atoms with Gasteiger partial charge in [0.1, 0.15) is 11.6 Å². The Bertz CT molecular complexity index is 1070. The van der Waals surface area contributed by atoms with Crippen LogP contribution in [0.3, 0.4) is 0 Å². The van der Waals surface area contributed by atoms with Crippen LogP contribution in [0.5, 0.6) is 0 Å². The number of aryl methyl sites for hydroxylation is 1. The van der Waals surface area contributed by atoms with Crippen LogP contribution in [0, 0.1) is 6.92 Å². The van der Waals surface area contributed by atoms with Crippen LogP contribution in [0.1, 0.15) is 30.8 Å². The summed E-state index contributed by atoms with van der Waals surface area (Å²) in [5.74, 6) is 1.68. The standard InChI is InChI=1S/C21H21Cl2N3O/c1-12(2)20(13(3)27-5)16-9-19-21(24-10-16)25-14(4)26(19)11-15-6-7-17(22)18(23)8-15/h6-10H,1,11H2,2-5H3/b20-13+. The number of pyridine rings is 1. The van der Waals surface area contributed by atoms with Crippen LogP contribution in [0.4, 0.5) is 0 Å². The second-order valence-electron chi connectivity index (χ2n) is 6.48. The highest BCUT2D eigenvalue weighted by molar-refractivity contribution is 6.42. The summed E-state index contributed by atoms with van der Waals surface area (Å²) in [6.07, 6.45) is 1.81. The molecule has 1 aromatic carbocycles. The van der Waals surface area contributed by atoms with E-state index in [4.69, 9.17) is 27.9 Å². The predicted molar refractivity (Wildman–Crippen MR) is 112 cm³/mol. The molecule has 0 fully saturated rings. The summed E-state index contributed by atoms with van der Waals surface area (Å²) in [5, 5.41) is 1.08. The van der Waals surface area contributed by atoms with Crippen molar-refractivity contribution in [3.63, 3.8) is 0 Å². The van der Waals surface area contributed by atoms with Crippen LogP contribution < -0.4 is 0 Å². The van der Waals surface area contributed by atoms with E-state index in [1.54, 1.807) is 13.2 Å². The van der Waals surface area contributed by atoms with Gasteiger partial charge in [0.15, 0.2) is 5.65 Å². The molecule has 0 unspecified atom stereocenters. The Balaban J connectivity index is 2.12. The number of hydrogen-bond acceptors (Lipinski definition) is 3. The highest BCUT2D eigenvalue weighted by Gasteiger charge is 2.14. The molecule has 0 atom stereocenters. The fraction of sp³-hybridized carbons (Fsp3) is 0.238. The largest absolute Gasteiger partial charge is 0.501 e. The van der Waals surface area contributed by atoms with Gasteiger partial charge in [0, 0.05) is 23.9 Å². The molecule has 2 aromatic heterocycles. The average Bonchev–Trinajstić information content (AvgIpc) is 2.93. The lowest BCUT2D eigenvalue weighted by Gasteiger charge is -2.13. The average molecular weight is 402 g/mol. The number of methoxy groups -OCH3 is 1. The minimum absolute atomic E-state index is 0.540. The van der Waals surface area contributed by atoms with Gasteiger partial charge in [-0.05, 0) is 50.1 Å². The highest BCUT2D eigenvalue weighted by Crippen LogP contribution is 2.29. The predicted octanol–water partition coefficient (Wildman–Crippen LogP) is 6.05. The molecule has 0 amide bonds. The summed E-state index contributed by atoms with van der Waals surface area (Å²) >= 11 is 12.2. The van der Waals surface area contributed by atoms with Crippen molar-refractivity contribution in [2.75, 3.05) is 7.11 Å². The van der Waals surface area contributed by atoms with E-state index in [0.29, 0.717) is 22.2 Å². The minimum Gasteiger partial charge on any atom is -0.501 e. The molecule has 0 spiro atoms. The van der Waals surface area contributed by atoms with Crippen molar-refractivity contribution in [2.45, 2.75) is 27.3 Å². The Morgan fingerprint density at radius 1 is 1.19 bits per heavy atom. The van der Waals surface area contributed by atoms with E-state index < -0.39 is 0 Å². The topological polar surface area (TPSA) is 39.9 Å². The molecular formula is C21H21Cl2N3O. The molecule has 0 bridgehead atoms. The number of nitrogens with zero attached hydrogens (tertiary/aromatic N) is 3. The maximum Gasteiger partial charge on any atom is 0.177 e. The number of halogens is 2. The van der Waals surface area contributed by atoms with Gasteiger partial charge >= 0.3 is 0 Å². The van der Waals surface area contributed by atoms with Crippen molar-refractivity contribution in [3.8, 4) is 0 Å². The van der Waals surface area contributed by atoms with Gasteiger partial charge in [0.05, 0.1) is 22.7 Å². The quantitative estimate of drug-likeness (QED) is 0.385. The zero-order valence-corrected chi connectivity index (χ0v) is 17.3. The maximum absolute atomic E-state index is 6.17. The molecule has 0 aliphatic heterocycles. The molecule has 0 N–H and O–H groups in total. The molecule has 3 aromatic rings. The third kappa shape index (κ3) is 3.87. The summed E-state index contributed by atoms with van der Waals surface area (Å²) in [6.45, 7) is 10.6. The molecule has 2 heterocycles. The number of hydrogen-bond donors (Lipinski definition) is 0. The molecule has 0 radical (unpaired) electrons. The van der Waals surface area contributed by atoms with Crippen LogP contribution in [0.25, 0.3) is 16.7 Å². The highest BCUT2D eigenvalue weighted by atomic mass is 35.5. The number of fused-ring (bicyclic) bond motifs is 1. The smallest absolute Gasteiger partial charge is 0.177 e. The Hall–Kier alpha value is -2.30. The lowest BCUT2D eigenvalue weighted by molar-refractivity contribution is 0.296. The van der Waals surface area contributed by atoms with Crippen LogP contribution in [-0.4, -0.2) is 21.6 Å². The fourth-order valence-electron chi connectivity index (χ4n) is 3.13. The van der Waals surface area contributed by atoms with Gasteiger partial charge in [-0.2, -0.15) is 0 Å². The van der Waals surface area contributed by atoms with Crippen molar-refractivity contribution in [1.29, 1.82) is 0 Å². The van der Waals surface area contributed by atoms with Crippen molar-refractivity contribution < 1.29 is 4.74 Å². The summed E-state index contributed by atoms with van der Waals surface area (Å²) < 4.78 is 7.55. The van der Waals surface area contributed by atoms with Gasteiger partial charge in [-0.3, -0.25) is 0 Å². The monoisotopic (exact) mass is 401 g/mol. The van der Waals surface area contributed by atoms with E-state index in [9.17, 15) is 0 Å². The summed E-state index contributed by atoms with van der Waals surface area (Å²) in [6, 6.07) is 7.72. The van der Waals surface area contributed by atoms with E-state index in [1.807, 2.05) is 39.1 Å². The summed E-state index contributed by atoms with van der Waals surface area (Å²) in [7, 11) is 1.66. The van der Waals surface area contributed by atoms with Gasteiger partial charge in [0.2, 0.25) is 0 Å². The number of rotatable bonds is 5. The number of allylic oxidation sites excluding steroid dienone is 3. The van der Waals surface area contributed by atoms with E-state index >= 15 is 0 Å². The second kappa shape index (κ2) is 7.75. The number of benzene rings is 1. The number of aromatic nitrogens is 3. The Morgan fingerprint density at radius 2 is 1.93 bits per heavy atom. The number of ether oxygens (including phenoxy) is 1. The van der Waals surface area contributed by atoms with Gasteiger partial charge in [-0.1, -0.05) is 35.8 Å². The van der Waals surface area contributed by atoms with E-state index in [0.717, 1.165) is 39.4 Å². The van der Waals surface area contributed by atoms with Crippen molar-refractivity contribution >= 4 is 39.9 Å². The number of imidazole rings is 1. The maximum atomic E-state index is 6.17. The first-order valence-electron chi connectivity index (χ1n) is 8.49. The SMILES string of the molecule is C=C(C)/C(=C(/C)OC)c1cnc2nc(C)n(Cc3ccc(Cl)c(Cl)c3)c2c1. The molecule has 3 rings (SSSR count). The van der Waals surface area contributed by atoms with Gasteiger partial charge < -0.3 is 9.30 Å². The zero-order valence-electron chi connectivity index (χ0n) is 15.8.